The Morgan fingerprint density at radius 2 is 2.03 bits per heavy atom. The van der Waals surface area contributed by atoms with Gasteiger partial charge >= 0.3 is 0 Å². The third-order valence-electron chi connectivity index (χ3n) is 4.66. The Balaban J connectivity index is 1.58. The number of halogens is 3. The normalized spacial score (nSPS) is 11.2. The minimum absolute atomic E-state index is 0.00537. The number of benzene rings is 1. The van der Waals surface area contributed by atoms with Gasteiger partial charge in [-0.25, -0.2) is 13.8 Å². The largest absolute Gasteiger partial charge is 0.484 e. The number of amides is 2. The SMILES string of the molecule is Cc1cc(C(F)F)nc2sc(C(N)=O)c(NC(=O)c3ccc(COc4ccccc4Cl)o3)c12. The first kappa shape index (κ1) is 22.7. The van der Waals surface area contributed by atoms with E-state index >= 15 is 0 Å². The molecule has 3 N–H and O–H groups in total. The molecule has 0 fully saturated rings. The van der Waals surface area contributed by atoms with Gasteiger partial charge in [0.15, 0.2) is 5.76 Å². The fraction of sp³-hybridized carbons (Fsp3) is 0.136. The second-order valence-electron chi connectivity index (χ2n) is 6.95. The molecule has 3 heterocycles. The van der Waals surface area contributed by atoms with Gasteiger partial charge in [0.2, 0.25) is 0 Å². The quantitative estimate of drug-likeness (QED) is 0.344. The lowest BCUT2D eigenvalue weighted by atomic mass is 10.1. The van der Waals surface area contributed by atoms with E-state index in [1.165, 1.54) is 12.1 Å². The van der Waals surface area contributed by atoms with Gasteiger partial charge in [-0.05, 0) is 42.8 Å². The van der Waals surface area contributed by atoms with Gasteiger partial charge in [0, 0.05) is 5.39 Å². The van der Waals surface area contributed by atoms with Crippen molar-refractivity contribution >= 4 is 50.7 Å². The Hall–Kier alpha value is -3.50. The van der Waals surface area contributed by atoms with Crippen molar-refractivity contribution in [3.63, 3.8) is 0 Å². The molecule has 4 aromatic rings. The van der Waals surface area contributed by atoms with E-state index in [-0.39, 0.29) is 27.8 Å². The number of aromatic nitrogens is 1. The summed E-state index contributed by atoms with van der Waals surface area (Å²) in [4.78, 5) is 28.8. The molecular weight excluding hydrogens is 476 g/mol. The van der Waals surface area contributed by atoms with Crippen LogP contribution >= 0.6 is 22.9 Å². The topological polar surface area (TPSA) is 107 Å². The van der Waals surface area contributed by atoms with Crippen LogP contribution in [0.1, 0.15) is 43.7 Å². The summed E-state index contributed by atoms with van der Waals surface area (Å²) >= 11 is 6.88. The highest BCUT2D eigenvalue weighted by atomic mass is 35.5. The van der Waals surface area contributed by atoms with E-state index in [2.05, 4.69) is 10.3 Å². The molecule has 3 aromatic heterocycles. The predicted octanol–water partition coefficient (Wildman–Crippen LogP) is 5.72. The summed E-state index contributed by atoms with van der Waals surface area (Å²) in [5.74, 6) is -0.691. The van der Waals surface area contributed by atoms with Gasteiger partial charge in [-0.3, -0.25) is 9.59 Å². The molecule has 7 nitrogen and oxygen atoms in total. The fourth-order valence-corrected chi connectivity index (χ4v) is 4.43. The van der Waals surface area contributed by atoms with Gasteiger partial charge in [0.25, 0.3) is 18.2 Å². The summed E-state index contributed by atoms with van der Waals surface area (Å²) in [5.41, 5.74) is 5.54. The van der Waals surface area contributed by atoms with Crippen molar-refractivity contribution < 1.29 is 27.5 Å². The molecule has 4 rings (SSSR count). The molecule has 1 aromatic carbocycles. The number of anilines is 1. The highest BCUT2D eigenvalue weighted by molar-refractivity contribution is 7.21. The summed E-state index contributed by atoms with van der Waals surface area (Å²) in [6.07, 6.45) is -2.78. The van der Waals surface area contributed by atoms with Gasteiger partial charge in [-0.15, -0.1) is 11.3 Å². The van der Waals surface area contributed by atoms with E-state index in [0.717, 1.165) is 11.3 Å². The van der Waals surface area contributed by atoms with Crippen LogP contribution in [0.2, 0.25) is 5.02 Å². The number of hydrogen-bond acceptors (Lipinski definition) is 6. The molecule has 0 unspecified atom stereocenters. The zero-order valence-electron chi connectivity index (χ0n) is 17.0. The van der Waals surface area contributed by atoms with Crippen molar-refractivity contribution in [2.24, 2.45) is 5.73 Å². The summed E-state index contributed by atoms with van der Waals surface area (Å²) in [7, 11) is 0. The molecule has 0 radical (unpaired) electrons. The second-order valence-corrected chi connectivity index (χ2v) is 8.36. The number of ether oxygens (including phenoxy) is 1. The number of carbonyl (C=O) groups excluding carboxylic acids is 2. The first-order valence-corrected chi connectivity index (χ1v) is 10.7. The first-order valence-electron chi connectivity index (χ1n) is 9.54. The smallest absolute Gasteiger partial charge is 0.291 e. The van der Waals surface area contributed by atoms with Crippen molar-refractivity contribution in [2.75, 3.05) is 5.32 Å². The van der Waals surface area contributed by atoms with Crippen molar-refractivity contribution in [1.82, 2.24) is 4.98 Å². The Morgan fingerprint density at radius 1 is 1.27 bits per heavy atom. The van der Waals surface area contributed by atoms with Gasteiger partial charge in [0.1, 0.15) is 33.5 Å². The number of carbonyl (C=O) groups is 2. The maximum Gasteiger partial charge on any atom is 0.291 e. The number of hydrogen-bond donors (Lipinski definition) is 2. The van der Waals surface area contributed by atoms with Crippen molar-refractivity contribution in [3.8, 4) is 5.75 Å². The van der Waals surface area contributed by atoms with Gasteiger partial charge < -0.3 is 20.2 Å². The van der Waals surface area contributed by atoms with Crippen LogP contribution in [0.15, 0.2) is 46.9 Å². The standard InChI is InChI=1S/C22H16ClF2N3O4S/c1-10-8-13(19(24)25)27-22-16(10)17(18(33-22)20(26)29)28-21(30)15-7-6-11(32-15)9-31-14-5-3-2-4-12(14)23/h2-8,19H,9H2,1H3,(H2,26,29)(H,28,30). The molecule has 33 heavy (non-hydrogen) atoms. The summed E-state index contributed by atoms with van der Waals surface area (Å²) in [6.45, 7) is 1.62. The number of thiophene rings is 1. The summed E-state index contributed by atoms with van der Waals surface area (Å²) in [6, 6.07) is 11.1. The molecule has 0 saturated carbocycles. The van der Waals surface area contributed by atoms with Crippen molar-refractivity contribution in [2.45, 2.75) is 20.0 Å². The van der Waals surface area contributed by atoms with Crippen LogP contribution in [0.3, 0.4) is 0 Å². The average Bonchev–Trinajstić information content (AvgIpc) is 3.38. The second kappa shape index (κ2) is 9.16. The van der Waals surface area contributed by atoms with Gasteiger partial charge in [-0.1, -0.05) is 23.7 Å². The molecule has 0 bridgehead atoms. The number of fused-ring (bicyclic) bond motifs is 1. The summed E-state index contributed by atoms with van der Waals surface area (Å²) in [5, 5.41) is 3.40. The minimum atomic E-state index is -2.78. The number of primary amides is 1. The Labute approximate surface area is 195 Å². The van der Waals surface area contributed by atoms with Crippen LogP contribution in [-0.2, 0) is 6.61 Å². The van der Waals surface area contributed by atoms with Crippen molar-refractivity contribution in [3.05, 3.63) is 75.1 Å². The molecular formula is C22H16ClF2N3O4S. The molecule has 0 atom stereocenters. The van der Waals surface area contributed by atoms with Crippen LogP contribution in [0.4, 0.5) is 14.5 Å². The molecule has 0 aliphatic heterocycles. The highest BCUT2D eigenvalue weighted by Crippen LogP contribution is 2.38. The van der Waals surface area contributed by atoms with E-state index in [0.29, 0.717) is 27.5 Å². The number of pyridine rings is 1. The van der Waals surface area contributed by atoms with Crippen molar-refractivity contribution in [1.29, 1.82) is 0 Å². The highest BCUT2D eigenvalue weighted by Gasteiger charge is 2.24. The van der Waals surface area contributed by atoms with Crippen LogP contribution in [-0.4, -0.2) is 16.8 Å². The zero-order valence-corrected chi connectivity index (χ0v) is 18.6. The predicted molar refractivity (Wildman–Crippen MR) is 120 cm³/mol. The van der Waals surface area contributed by atoms with E-state index in [4.69, 9.17) is 26.5 Å². The maximum absolute atomic E-state index is 13.1. The molecule has 0 spiro atoms. The molecule has 0 aliphatic carbocycles. The number of alkyl halides is 2. The lowest BCUT2D eigenvalue weighted by Crippen LogP contribution is -2.16. The van der Waals surface area contributed by atoms with E-state index in [9.17, 15) is 18.4 Å². The van der Waals surface area contributed by atoms with E-state index < -0.39 is 23.9 Å². The molecule has 0 aliphatic rings. The molecule has 0 saturated heterocycles. The van der Waals surface area contributed by atoms with Crippen LogP contribution in [0.5, 0.6) is 5.75 Å². The number of furan rings is 1. The molecule has 170 valence electrons. The maximum atomic E-state index is 13.1. The van der Waals surface area contributed by atoms with E-state index in [1.807, 2.05) is 0 Å². The number of nitrogens with two attached hydrogens (primary N) is 1. The van der Waals surface area contributed by atoms with E-state index in [1.54, 1.807) is 37.3 Å². The van der Waals surface area contributed by atoms with Gasteiger partial charge in [0.05, 0.1) is 10.7 Å². The Kier molecular flexibility index (Phi) is 6.30. The number of nitrogens with zero attached hydrogens (tertiary/aromatic N) is 1. The van der Waals surface area contributed by atoms with Crippen LogP contribution in [0, 0.1) is 6.92 Å². The zero-order chi connectivity index (χ0) is 23.7. The van der Waals surface area contributed by atoms with Gasteiger partial charge in [-0.2, -0.15) is 0 Å². The fourth-order valence-electron chi connectivity index (χ4n) is 3.18. The monoisotopic (exact) mass is 491 g/mol. The minimum Gasteiger partial charge on any atom is -0.484 e. The summed E-state index contributed by atoms with van der Waals surface area (Å²) < 4.78 is 37.4. The Morgan fingerprint density at radius 3 is 2.73 bits per heavy atom. The number of para-hydroxylation sites is 1. The number of aryl methyl sites for hydroxylation is 1. The van der Waals surface area contributed by atoms with Crippen LogP contribution < -0.4 is 15.8 Å². The first-order chi connectivity index (χ1) is 15.7. The third-order valence-corrected chi connectivity index (χ3v) is 6.07. The van der Waals surface area contributed by atoms with Crippen LogP contribution in [0.25, 0.3) is 10.2 Å². The third kappa shape index (κ3) is 4.67. The number of rotatable bonds is 7. The number of nitrogens with one attached hydrogen (secondary N) is 1. The lowest BCUT2D eigenvalue weighted by Gasteiger charge is -2.07. The lowest BCUT2D eigenvalue weighted by molar-refractivity contribution is 0.0992. The Bertz CT molecular complexity index is 1370. The molecule has 11 heteroatoms. The average molecular weight is 492 g/mol. The molecule has 2 amide bonds.